The zero-order valence-corrected chi connectivity index (χ0v) is 8.24. The molecule has 0 bridgehead atoms. The minimum atomic E-state index is -1.29. The van der Waals surface area contributed by atoms with E-state index in [2.05, 4.69) is 0 Å². The van der Waals surface area contributed by atoms with E-state index in [4.69, 9.17) is 14.9 Å². The molecule has 1 heterocycles. The quantitative estimate of drug-likeness (QED) is 0.470. The van der Waals surface area contributed by atoms with Crippen LogP contribution in [0, 0.1) is 0 Å². The largest absolute Gasteiger partial charge is 0.479 e. The number of carboxylic acid groups (broad SMARTS) is 1. The van der Waals surface area contributed by atoms with Crippen molar-refractivity contribution < 1.29 is 30.0 Å². The molecule has 0 aromatic carbocycles. The molecule has 4 atom stereocenters. The van der Waals surface area contributed by atoms with Crippen LogP contribution in [0.25, 0.3) is 0 Å². The minimum Gasteiger partial charge on any atom is -0.479 e. The van der Waals surface area contributed by atoms with Gasteiger partial charge in [-0.1, -0.05) is 0 Å². The molecule has 0 saturated carbocycles. The van der Waals surface area contributed by atoms with Crippen LogP contribution in [0.15, 0.2) is 0 Å². The lowest BCUT2D eigenvalue weighted by Gasteiger charge is -2.32. The predicted octanol–water partition coefficient (Wildman–Crippen LogP) is -1.28. The first-order valence-corrected chi connectivity index (χ1v) is 4.91. The van der Waals surface area contributed by atoms with Gasteiger partial charge in [-0.15, -0.1) is 0 Å². The molecule has 6 nitrogen and oxygen atoms in total. The molecule has 0 aromatic heterocycles. The van der Waals surface area contributed by atoms with Crippen molar-refractivity contribution in [3.05, 3.63) is 0 Å². The summed E-state index contributed by atoms with van der Waals surface area (Å²) in [4.78, 5) is 10.6. The molecule has 1 saturated heterocycles. The van der Waals surface area contributed by atoms with Gasteiger partial charge >= 0.3 is 5.97 Å². The van der Waals surface area contributed by atoms with Gasteiger partial charge in [0, 0.05) is 0 Å². The predicted molar refractivity (Wildman–Crippen MR) is 49.2 cm³/mol. The number of hydrogen-bond acceptors (Lipinski definition) is 5. The van der Waals surface area contributed by atoms with Crippen molar-refractivity contribution in [2.75, 3.05) is 6.61 Å². The van der Waals surface area contributed by atoms with E-state index in [-0.39, 0.29) is 0 Å². The first-order chi connectivity index (χ1) is 7.06. The Hall–Kier alpha value is -0.690. The number of carbonyl (C=O) groups is 1. The molecule has 0 amide bonds. The number of carboxylic acids is 1. The van der Waals surface area contributed by atoms with Gasteiger partial charge in [0.15, 0.2) is 6.10 Å². The fourth-order valence-electron chi connectivity index (χ4n) is 1.64. The summed E-state index contributed by atoms with van der Waals surface area (Å²) in [5, 5.41) is 36.0. The van der Waals surface area contributed by atoms with Crippen LogP contribution in [0.1, 0.15) is 19.3 Å². The van der Waals surface area contributed by atoms with Crippen LogP contribution in [0.4, 0.5) is 0 Å². The van der Waals surface area contributed by atoms with E-state index >= 15 is 0 Å². The third kappa shape index (κ3) is 3.13. The van der Waals surface area contributed by atoms with Crippen molar-refractivity contribution in [2.24, 2.45) is 0 Å². The Morgan fingerprint density at radius 2 is 2.07 bits per heavy atom. The van der Waals surface area contributed by atoms with Crippen molar-refractivity contribution in [3.8, 4) is 0 Å². The molecule has 4 unspecified atom stereocenters. The van der Waals surface area contributed by atoms with Crippen LogP contribution in [0.2, 0.25) is 0 Å². The van der Waals surface area contributed by atoms with Gasteiger partial charge in [-0.25, -0.2) is 4.79 Å². The van der Waals surface area contributed by atoms with Crippen molar-refractivity contribution in [3.63, 3.8) is 0 Å². The Morgan fingerprint density at radius 3 is 2.60 bits per heavy atom. The Bertz CT molecular complexity index is 219. The van der Waals surface area contributed by atoms with Gasteiger partial charge in [-0.05, 0) is 19.3 Å². The summed E-state index contributed by atoms with van der Waals surface area (Å²) < 4.78 is 5.11. The van der Waals surface area contributed by atoms with Gasteiger partial charge in [0.1, 0.15) is 12.2 Å². The number of aliphatic hydroxyl groups excluding tert-OH is 3. The summed E-state index contributed by atoms with van der Waals surface area (Å²) in [6.45, 7) is -0.571. The summed E-state index contributed by atoms with van der Waals surface area (Å²) in [6, 6.07) is 0. The summed E-state index contributed by atoms with van der Waals surface area (Å²) in [6.07, 6.45) is -2.65. The highest BCUT2D eigenvalue weighted by atomic mass is 16.5. The van der Waals surface area contributed by atoms with Crippen LogP contribution in [-0.4, -0.2) is 57.4 Å². The maximum atomic E-state index is 10.6. The van der Waals surface area contributed by atoms with Gasteiger partial charge in [0.2, 0.25) is 0 Å². The van der Waals surface area contributed by atoms with E-state index in [0.717, 1.165) is 0 Å². The minimum absolute atomic E-state index is 0.410. The average Bonchev–Trinajstić information content (AvgIpc) is 2.27. The number of ether oxygens (including phenoxy) is 1. The molecule has 1 aliphatic heterocycles. The second kappa shape index (κ2) is 5.41. The van der Waals surface area contributed by atoms with Crippen LogP contribution in [0.3, 0.4) is 0 Å². The van der Waals surface area contributed by atoms with Crippen molar-refractivity contribution >= 4 is 5.97 Å². The maximum absolute atomic E-state index is 10.6. The molecule has 1 rings (SSSR count). The summed E-state index contributed by atoms with van der Waals surface area (Å²) in [5.41, 5.74) is 0. The molecule has 0 spiro atoms. The van der Waals surface area contributed by atoms with Crippen molar-refractivity contribution in [1.82, 2.24) is 0 Å². The van der Waals surface area contributed by atoms with E-state index in [1.165, 1.54) is 0 Å². The Kier molecular flexibility index (Phi) is 4.46. The van der Waals surface area contributed by atoms with Crippen LogP contribution in [0.5, 0.6) is 0 Å². The number of hydrogen-bond donors (Lipinski definition) is 4. The highest BCUT2D eigenvalue weighted by molar-refractivity contribution is 5.72. The molecule has 1 aliphatic rings. The number of aliphatic carboxylic acids is 1. The van der Waals surface area contributed by atoms with Crippen LogP contribution in [-0.2, 0) is 9.53 Å². The Labute approximate surface area is 87.1 Å². The fraction of sp³-hybridized carbons (Fsp3) is 0.889. The molecular formula is C9H16O6. The fourth-order valence-corrected chi connectivity index (χ4v) is 1.64. The highest BCUT2D eigenvalue weighted by Gasteiger charge is 2.34. The SMILES string of the molecule is O=C(O)C1CCCC(C(O)C(O)CO)O1. The van der Waals surface area contributed by atoms with Crippen molar-refractivity contribution in [1.29, 1.82) is 0 Å². The van der Waals surface area contributed by atoms with Crippen LogP contribution < -0.4 is 0 Å². The molecular weight excluding hydrogens is 204 g/mol. The maximum Gasteiger partial charge on any atom is 0.332 e. The lowest BCUT2D eigenvalue weighted by atomic mass is 9.97. The molecule has 0 radical (unpaired) electrons. The van der Waals surface area contributed by atoms with E-state index in [1.807, 2.05) is 0 Å². The molecule has 6 heteroatoms. The monoisotopic (exact) mass is 220 g/mol. The van der Waals surface area contributed by atoms with Gasteiger partial charge in [-0.2, -0.15) is 0 Å². The van der Waals surface area contributed by atoms with Crippen molar-refractivity contribution in [2.45, 2.75) is 43.7 Å². The number of rotatable bonds is 4. The first kappa shape index (κ1) is 12.4. The van der Waals surface area contributed by atoms with Crippen LogP contribution >= 0.6 is 0 Å². The molecule has 0 aromatic rings. The Balaban J connectivity index is 2.52. The normalized spacial score (nSPS) is 30.9. The third-order valence-electron chi connectivity index (χ3n) is 2.53. The lowest BCUT2D eigenvalue weighted by Crippen LogP contribution is -2.46. The zero-order valence-electron chi connectivity index (χ0n) is 8.24. The topological polar surface area (TPSA) is 107 Å². The molecule has 0 aliphatic carbocycles. The molecule has 1 fully saturated rings. The molecule has 88 valence electrons. The van der Waals surface area contributed by atoms with E-state index < -0.39 is 37.0 Å². The first-order valence-electron chi connectivity index (χ1n) is 4.91. The number of aliphatic hydroxyl groups is 3. The molecule has 15 heavy (non-hydrogen) atoms. The standard InChI is InChI=1S/C9H16O6/c10-4-5(11)8(12)6-2-1-3-7(15-6)9(13)14/h5-8,10-12H,1-4H2,(H,13,14). The second-order valence-corrected chi connectivity index (χ2v) is 3.67. The third-order valence-corrected chi connectivity index (χ3v) is 2.53. The zero-order chi connectivity index (χ0) is 11.4. The smallest absolute Gasteiger partial charge is 0.332 e. The van der Waals surface area contributed by atoms with Gasteiger partial charge < -0.3 is 25.2 Å². The second-order valence-electron chi connectivity index (χ2n) is 3.67. The van der Waals surface area contributed by atoms with Gasteiger partial charge in [0.25, 0.3) is 0 Å². The summed E-state index contributed by atoms with van der Waals surface area (Å²) in [5.74, 6) is -1.06. The lowest BCUT2D eigenvalue weighted by molar-refractivity contribution is -0.174. The van der Waals surface area contributed by atoms with E-state index in [0.29, 0.717) is 19.3 Å². The van der Waals surface area contributed by atoms with E-state index in [1.54, 1.807) is 0 Å². The van der Waals surface area contributed by atoms with Gasteiger partial charge in [-0.3, -0.25) is 0 Å². The highest BCUT2D eigenvalue weighted by Crippen LogP contribution is 2.22. The van der Waals surface area contributed by atoms with Gasteiger partial charge in [0.05, 0.1) is 12.7 Å². The Morgan fingerprint density at radius 1 is 1.40 bits per heavy atom. The summed E-state index contributed by atoms with van der Waals surface area (Å²) in [7, 11) is 0. The summed E-state index contributed by atoms with van der Waals surface area (Å²) >= 11 is 0. The molecule has 4 N–H and O–H groups in total. The van der Waals surface area contributed by atoms with E-state index in [9.17, 15) is 15.0 Å². The average molecular weight is 220 g/mol.